The van der Waals surface area contributed by atoms with Crippen molar-refractivity contribution in [3.63, 3.8) is 0 Å². The van der Waals surface area contributed by atoms with E-state index in [2.05, 4.69) is 6.58 Å². The summed E-state index contributed by atoms with van der Waals surface area (Å²) in [5.41, 5.74) is 1.51. The molecule has 4 rings (SSSR count). The number of fused-ring (bicyclic) bond motifs is 2. The molecule has 0 radical (unpaired) electrons. The smallest absolute Gasteiger partial charge is 0.290 e. The van der Waals surface area contributed by atoms with Crippen LogP contribution in [0.4, 0.5) is 0 Å². The summed E-state index contributed by atoms with van der Waals surface area (Å²) in [6, 6.07) is 14.0. The summed E-state index contributed by atoms with van der Waals surface area (Å²) in [5.74, 6) is 0.578. The number of hydrogen-bond donors (Lipinski definition) is 0. The fraction of sp³-hybridized carbons (Fsp3) is 0.250. The van der Waals surface area contributed by atoms with Crippen molar-refractivity contribution < 1.29 is 13.9 Å². The summed E-state index contributed by atoms with van der Waals surface area (Å²) in [6.45, 7) is 5.21. The first kappa shape index (κ1) is 19.9. The molecule has 1 aliphatic rings. The number of amides is 1. The van der Waals surface area contributed by atoms with Crippen LogP contribution < -0.4 is 10.2 Å². The van der Waals surface area contributed by atoms with Crippen molar-refractivity contribution in [2.24, 2.45) is 0 Å². The third-order valence-electron chi connectivity index (χ3n) is 5.22. The molecule has 6 nitrogen and oxygen atoms in total. The molecule has 2 aromatic carbocycles. The van der Waals surface area contributed by atoms with E-state index < -0.39 is 6.04 Å². The first-order valence-corrected chi connectivity index (χ1v) is 9.86. The van der Waals surface area contributed by atoms with Gasteiger partial charge in [-0.3, -0.25) is 9.59 Å². The van der Waals surface area contributed by atoms with Gasteiger partial charge < -0.3 is 19.0 Å². The van der Waals surface area contributed by atoms with E-state index in [0.29, 0.717) is 42.0 Å². The molecule has 0 spiro atoms. The molecule has 6 heteroatoms. The van der Waals surface area contributed by atoms with E-state index in [-0.39, 0.29) is 17.1 Å². The Labute approximate surface area is 175 Å². The number of carbonyl (C=O) groups is 1. The minimum absolute atomic E-state index is 0.134. The summed E-state index contributed by atoms with van der Waals surface area (Å²) in [6.07, 6.45) is 1.68. The van der Waals surface area contributed by atoms with Crippen LogP contribution in [0.25, 0.3) is 11.0 Å². The van der Waals surface area contributed by atoms with Crippen LogP contribution in [0, 0.1) is 0 Å². The van der Waals surface area contributed by atoms with E-state index in [0.717, 1.165) is 5.56 Å². The average Bonchev–Trinajstić information content (AvgIpc) is 3.03. The molecule has 0 saturated heterocycles. The van der Waals surface area contributed by atoms with Gasteiger partial charge in [-0.25, -0.2) is 0 Å². The van der Waals surface area contributed by atoms with Crippen LogP contribution in [0.3, 0.4) is 0 Å². The summed E-state index contributed by atoms with van der Waals surface area (Å²) in [4.78, 5) is 30.3. The Morgan fingerprint density at radius 2 is 1.87 bits per heavy atom. The van der Waals surface area contributed by atoms with Crippen molar-refractivity contribution >= 4 is 16.9 Å². The Morgan fingerprint density at radius 1 is 1.13 bits per heavy atom. The van der Waals surface area contributed by atoms with Gasteiger partial charge in [0.2, 0.25) is 5.76 Å². The number of ether oxygens (including phenoxy) is 1. The molecule has 0 saturated carbocycles. The molecule has 0 aliphatic carbocycles. The molecule has 0 N–H and O–H groups in total. The molecule has 30 heavy (non-hydrogen) atoms. The topological polar surface area (TPSA) is 63.0 Å². The summed E-state index contributed by atoms with van der Waals surface area (Å²) in [7, 11) is 3.90. The van der Waals surface area contributed by atoms with Crippen molar-refractivity contribution in [1.29, 1.82) is 0 Å². The first-order chi connectivity index (χ1) is 14.5. The maximum Gasteiger partial charge on any atom is 0.290 e. The fourth-order valence-corrected chi connectivity index (χ4v) is 3.75. The number of hydrogen-bond acceptors (Lipinski definition) is 5. The molecule has 0 fully saturated rings. The Bertz CT molecular complexity index is 1150. The van der Waals surface area contributed by atoms with Gasteiger partial charge in [-0.15, -0.1) is 0 Å². The molecule has 2 heterocycles. The highest BCUT2D eigenvalue weighted by Crippen LogP contribution is 2.38. The average molecular weight is 404 g/mol. The summed E-state index contributed by atoms with van der Waals surface area (Å²) in [5, 5.41) is 0.481. The second kappa shape index (κ2) is 8.16. The minimum Gasteiger partial charge on any atom is -0.490 e. The number of rotatable bonds is 7. The Morgan fingerprint density at radius 3 is 2.57 bits per heavy atom. The van der Waals surface area contributed by atoms with Crippen LogP contribution >= 0.6 is 0 Å². The normalized spacial score (nSPS) is 15.6. The molecule has 3 aromatic rings. The van der Waals surface area contributed by atoms with Gasteiger partial charge >= 0.3 is 0 Å². The van der Waals surface area contributed by atoms with Gasteiger partial charge in [-0.2, -0.15) is 0 Å². The van der Waals surface area contributed by atoms with Crippen molar-refractivity contribution in [2.75, 3.05) is 33.8 Å². The van der Waals surface area contributed by atoms with Crippen molar-refractivity contribution in [1.82, 2.24) is 9.80 Å². The van der Waals surface area contributed by atoms with Crippen LogP contribution in [0.15, 0.2) is 70.4 Å². The number of nitrogens with zero attached hydrogens (tertiary/aromatic N) is 2. The third kappa shape index (κ3) is 3.50. The maximum absolute atomic E-state index is 13.4. The van der Waals surface area contributed by atoms with Gasteiger partial charge in [0, 0.05) is 13.1 Å². The predicted octanol–water partition coefficient (Wildman–Crippen LogP) is 3.46. The first-order valence-electron chi connectivity index (χ1n) is 9.86. The Kier molecular flexibility index (Phi) is 5.42. The number of carbonyl (C=O) groups excluding carboxylic acids is 1. The molecule has 0 bridgehead atoms. The highest BCUT2D eigenvalue weighted by Gasteiger charge is 2.42. The standard InChI is InChI=1S/C24H24N2O4/c1-4-15-29-17-11-9-16(10-12-17)21-20-22(27)18-7-5-6-8-19(18)30-23(20)24(28)26(21)14-13-25(2)3/h4-12,21H,1,13-15H2,2-3H3. The monoisotopic (exact) mass is 404 g/mol. The van der Waals surface area contributed by atoms with E-state index in [1.165, 1.54) is 0 Å². The Balaban J connectivity index is 1.83. The predicted molar refractivity (Wildman–Crippen MR) is 116 cm³/mol. The van der Waals surface area contributed by atoms with Crippen molar-refractivity contribution in [3.05, 3.63) is 88.3 Å². The van der Waals surface area contributed by atoms with Crippen LogP contribution in [-0.4, -0.2) is 49.5 Å². The second-order valence-corrected chi connectivity index (χ2v) is 7.54. The van der Waals surface area contributed by atoms with Gasteiger partial charge in [0.05, 0.1) is 17.0 Å². The lowest BCUT2D eigenvalue weighted by molar-refractivity contribution is 0.0716. The van der Waals surface area contributed by atoms with Gasteiger partial charge in [0.15, 0.2) is 5.43 Å². The maximum atomic E-state index is 13.4. The summed E-state index contributed by atoms with van der Waals surface area (Å²) < 4.78 is 11.5. The molecule has 154 valence electrons. The molecular formula is C24H24N2O4. The molecule has 1 aromatic heterocycles. The molecule has 1 unspecified atom stereocenters. The van der Waals surface area contributed by atoms with Crippen LogP contribution in [0.5, 0.6) is 5.75 Å². The van der Waals surface area contributed by atoms with Crippen LogP contribution in [0.2, 0.25) is 0 Å². The van der Waals surface area contributed by atoms with E-state index in [9.17, 15) is 9.59 Å². The third-order valence-corrected chi connectivity index (χ3v) is 5.22. The van der Waals surface area contributed by atoms with E-state index >= 15 is 0 Å². The van der Waals surface area contributed by atoms with Crippen molar-refractivity contribution in [3.8, 4) is 5.75 Å². The molecule has 1 atom stereocenters. The lowest BCUT2D eigenvalue weighted by Crippen LogP contribution is -2.35. The number of likely N-dealkylation sites (N-methyl/N-ethyl adjacent to an activating group) is 1. The number of benzene rings is 2. The highest BCUT2D eigenvalue weighted by molar-refractivity contribution is 5.99. The lowest BCUT2D eigenvalue weighted by atomic mass is 9.98. The number of para-hydroxylation sites is 1. The quantitative estimate of drug-likeness (QED) is 0.565. The molecular weight excluding hydrogens is 380 g/mol. The molecule has 1 amide bonds. The van der Waals surface area contributed by atoms with E-state index in [4.69, 9.17) is 9.15 Å². The fourth-order valence-electron chi connectivity index (χ4n) is 3.75. The van der Waals surface area contributed by atoms with Gasteiger partial charge in [0.1, 0.15) is 17.9 Å². The summed E-state index contributed by atoms with van der Waals surface area (Å²) >= 11 is 0. The lowest BCUT2D eigenvalue weighted by Gasteiger charge is -2.26. The van der Waals surface area contributed by atoms with Crippen molar-refractivity contribution in [2.45, 2.75) is 6.04 Å². The SMILES string of the molecule is C=CCOc1ccc(C2c3c(oc4ccccc4c3=O)C(=O)N2CCN(C)C)cc1. The van der Waals surface area contributed by atoms with E-state index in [1.807, 2.05) is 43.3 Å². The zero-order valence-electron chi connectivity index (χ0n) is 17.1. The zero-order valence-corrected chi connectivity index (χ0v) is 17.1. The van der Waals surface area contributed by atoms with Crippen LogP contribution in [-0.2, 0) is 0 Å². The molecule has 1 aliphatic heterocycles. The Hall–Kier alpha value is -3.38. The van der Waals surface area contributed by atoms with E-state index in [1.54, 1.807) is 35.2 Å². The minimum atomic E-state index is -0.498. The van der Waals surface area contributed by atoms with Gasteiger partial charge in [-0.1, -0.05) is 36.9 Å². The van der Waals surface area contributed by atoms with Gasteiger partial charge in [-0.05, 0) is 43.9 Å². The highest BCUT2D eigenvalue weighted by atomic mass is 16.5. The zero-order chi connectivity index (χ0) is 21.3. The van der Waals surface area contributed by atoms with Gasteiger partial charge in [0.25, 0.3) is 5.91 Å². The largest absolute Gasteiger partial charge is 0.490 e. The van der Waals surface area contributed by atoms with Crippen LogP contribution in [0.1, 0.15) is 27.7 Å². The second-order valence-electron chi connectivity index (χ2n) is 7.54.